The maximum atomic E-state index is 12.2. The Morgan fingerprint density at radius 1 is 1.15 bits per heavy atom. The Balaban J connectivity index is 1.93. The van der Waals surface area contributed by atoms with Gasteiger partial charge >= 0.3 is 0 Å². The van der Waals surface area contributed by atoms with Gasteiger partial charge in [-0.3, -0.25) is 4.79 Å². The van der Waals surface area contributed by atoms with E-state index in [9.17, 15) is 4.79 Å². The molecule has 0 unspecified atom stereocenters. The predicted octanol–water partition coefficient (Wildman–Crippen LogP) is 4.12. The van der Waals surface area contributed by atoms with Crippen molar-refractivity contribution in [3.63, 3.8) is 0 Å². The fourth-order valence-corrected chi connectivity index (χ4v) is 2.37. The van der Waals surface area contributed by atoms with Crippen molar-refractivity contribution in [3.05, 3.63) is 58.3 Å². The molecule has 2 N–H and O–H groups in total. The average Bonchev–Trinajstić information content (AvgIpc) is 2.87. The van der Waals surface area contributed by atoms with Gasteiger partial charge in [0.25, 0.3) is 5.91 Å². The van der Waals surface area contributed by atoms with E-state index in [-0.39, 0.29) is 5.91 Å². The van der Waals surface area contributed by atoms with Crippen molar-refractivity contribution in [3.8, 4) is 0 Å². The summed E-state index contributed by atoms with van der Waals surface area (Å²) < 4.78 is 0. The number of nitrogens with one attached hydrogen (secondary N) is 2. The molecule has 0 aliphatic heterocycles. The normalized spacial score (nSPS) is 10.7. The van der Waals surface area contributed by atoms with Crippen molar-refractivity contribution in [2.24, 2.45) is 0 Å². The van der Waals surface area contributed by atoms with Crippen LogP contribution in [0, 0.1) is 0 Å². The first-order valence-corrected chi connectivity index (χ1v) is 6.60. The highest BCUT2D eigenvalue weighted by atomic mass is 35.5. The van der Waals surface area contributed by atoms with Crippen LogP contribution in [0.2, 0.25) is 10.0 Å². The summed E-state index contributed by atoms with van der Waals surface area (Å²) in [7, 11) is 0. The number of H-pyrrole nitrogens is 1. The molecule has 1 amide bonds. The zero-order valence-electron chi connectivity index (χ0n) is 10.2. The summed E-state index contributed by atoms with van der Waals surface area (Å²) in [5.74, 6) is -0.321. The fraction of sp³-hybridized carbons (Fsp3) is 0. The minimum Gasteiger partial charge on any atom is -0.335 e. The first-order valence-electron chi connectivity index (χ1n) is 5.84. The van der Waals surface area contributed by atoms with Crippen LogP contribution in [0.1, 0.15) is 10.5 Å². The Bertz CT molecular complexity index is 745. The van der Waals surface area contributed by atoms with Gasteiger partial charge in [0.2, 0.25) is 0 Å². The number of pyridine rings is 1. The fourth-order valence-electron chi connectivity index (χ4n) is 1.88. The van der Waals surface area contributed by atoms with Crippen molar-refractivity contribution in [1.82, 2.24) is 9.97 Å². The van der Waals surface area contributed by atoms with Crippen LogP contribution in [-0.4, -0.2) is 15.9 Å². The van der Waals surface area contributed by atoms with Crippen LogP contribution in [0.25, 0.3) is 11.0 Å². The van der Waals surface area contributed by atoms with Crippen LogP contribution in [0.3, 0.4) is 0 Å². The van der Waals surface area contributed by atoms with Crippen molar-refractivity contribution >= 4 is 45.8 Å². The molecular formula is C14H9Cl2N3O. The number of hydrogen-bond acceptors (Lipinski definition) is 2. The molecule has 0 fully saturated rings. The number of aromatic nitrogens is 2. The summed E-state index contributed by atoms with van der Waals surface area (Å²) in [6.07, 6.45) is 1.66. The van der Waals surface area contributed by atoms with Gasteiger partial charge in [0, 0.05) is 11.6 Å². The van der Waals surface area contributed by atoms with Gasteiger partial charge in [-0.05, 0) is 30.3 Å². The van der Waals surface area contributed by atoms with Crippen LogP contribution >= 0.6 is 23.2 Å². The molecule has 0 saturated carbocycles. The van der Waals surface area contributed by atoms with Gasteiger partial charge in [0.1, 0.15) is 11.3 Å². The second-order valence-corrected chi connectivity index (χ2v) is 4.99. The van der Waals surface area contributed by atoms with Crippen LogP contribution in [0.5, 0.6) is 0 Å². The molecule has 1 aromatic carbocycles. The number of fused-ring (bicyclic) bond motifs is 1. The van der Waals surface area contributed by atoms with Gasteiger partial charge in [0.05, 0.1) is 15.7 Å². The Hall–Kier alpha value is -2.04. The molecule has 2 heterocycles. The predicted molar refractivity (Wildman–Crippen MR) is 80.5 cm³/mol. The molecule has 0 saturated heterocycles. The van der Waals surface area contributed by atoms with Crippen molar-refractivity contribution in [2.45, 2.75) is 0 Å². The van der Waals surface area contributed by atoms with Crippen molar-refractivity contribution in [2.75, 3.05) is 5.32 Å². The summed E-state index contributed by atoms with van der Waals surface area (Å²) in [4.78, 5) is 19.3. The smallest absolute Gasteiger partial charge is 0.272 e. The maximum Gasteiger partial charge on any atom is 0.272 e. The number of carbonyl (C=O) groups excluding carboxylic acids is 1. The van der Waals surface area contributed by atoms with E-state index < -0.39 is 0 Å². The van der Waals surface area contributed by atoms with Gasteiger partial charge in [-0.15, -0.1) is 0 Å². The lowest BCUT2D eigenvalue weighted by atomic mass is 10.3. The van der Waals surface area contributed by atoms with E-state index >= 15 is 0 Å². The number of halogens is 2. The Morgan fingerprint density at radius 3 is 2.60 bits per heavy atom. The molecule has 20 heavy (non-hydrogen) atoms. The third-order valence-corrected chi connectivity index (χ3v) is 3.47. The molecule has 0 bridgehead atoms. The molecule has 0 atom stereocenters. The number of hydrogen-bond donors (Lipinski definition) is 2. The summed E-state index contributed by atoms with van der Waals surface area (Å²) in [6, 6.07) is 10.4. The molecular weight excluding hydrogens is 297 g/mol. The molecule has 0 spiro atoms. The highest BCUT2D eigenvalue weighted by Gasteiger charge is 2.13. The SMILES string of the molecule is O=C(Nc1c(Cl)cccc1Cl)c1cc2cccnc2[nH]1. The quantitative estimate of drug-likeness (QED) is 0.748. The van der Waals surface area contributed by atoms with Gasteiger partial charge in [-0.2, -0.15) is 0 Å². The second kappa shape index (κ2) is 5.15. The van der Waals surface area contributed by atoms with E-state index in [2.05, 4.69) is 15.3 Å². The minimum absolute atomic E-state index is 0.321. The summed E-state index contributed by atoms with van der Waals surface area (Å²) >= 11 is 12.0. The zero-order chi connectivity index (χ0) is 14.1. The maximum absolute atomic E-state index is 12.2. The van der Waals surface area contributed by atoms with E-state index in [1.165, 1.54) is 0 Å². The highest BCUT2D eigenvalue weighted by molar-refractivity contribution is 6.40. The van der Waals surface area contributed by atoms with Crippen molar-refractivity contribution in [1.29, 1.82) is 0 Å². The molecule has 2 aromatic heterocycles. The molecule has 100 valence electrons. The minimum atomic E-state index is -0.321. The standard InChI is InChI=1S/C14H9Cl2N3O/c15-9-4-1-5-10(16)12(9)19-14(20)11-7-8-3-2-6-17-13(8)18-11/h1-7H,(H,17,18)(H,19,20). The van der Waals surface area contributed by atoms with Gasteiger partial charge < -0.3 is 10.3 Å². The number of amides is 1. The number of aromatic amines is 1. The van der Waals surface area contributed by atoms with Crippen LogP contribution in [-0.2, 0) is 0 Å². The molecule has 0 aliphatic rings. The second-order valence-electron chi connectivity index (χ2n) is 4.18. The number of nitrogens with zero attached hydrogens (tertiary/aromatic N) is 1. The number of anilines is 1. The first kappa shape index (κ1) is 13.0. The number of carbonyl (C=O) groups is 1. The van der Waals surface area contributed by atoms with Crippen LogP contribution in [0.15, 0.2) is 42.6 Å². The number of rotatable bonds is 2. The van der Waals surface area contributed by atoms with Gasteiger partial charge in [-0.25, -0.2) is 4.98 Å². The van der Waals surface area contributed by atoms with Crippen LogP contribution < -0.4 is 5.32 Å². The Labute approximate surface area is 124 Å². The Kier molecular flexibility index (Phi) is 3.34. The van der Waals surface area contributed by atoms with E-state index in [1.54, 1.807) is 30.5 Å². The van der Waals surface area contributed by atoms with Gasteiger partial charge in [0.15, 0.2) is 0 Å². The average molecular weight is 306 g/mol. The number of para-hydroxylation sites is 1. The third kappa shape index (κ3) is 2.35. The molecule has 6 heteroatoms. The van der Waals surface area contributed by atoms with E-state index in [0.29, 0.717) is 27.1 Å². The Morgan fingerprint density at radius 2 is 1.90 bits per heavy atom. The largest absolute Gasteiger partial charge is 0.335 e. The highest BCUT2D eigenvalue weighted by Crippen LogP contribution is 2.30. The monoisotopic (exact) mass is 305 g/mol. The molecule has 3 rings (SSSR count). The van der Waals surface area contributed by atoms with Gasteiger partial charge in [-0.1, -0.05) is 29.3 Å². The summed E-state index contributed by atoms with van der Waals surface area (Å²) in [5.41, 5.74) is 1.45. The molecule has 0 aliphatic carbocycles. The molecule has 4 nitrogen and oxygen atoms in total. The third-order valence-electron chi connectivity index (χ3n) is 2.84. The van der Waals surface area contributed by atoms with E-state index in [0.717, 1.165) is 5.39 Å². The van der Waals surface area contributed by atoms with E-state index in [4.69, 9.17) is 23.2 Å². The lowest BCUT2D eigenvalue weighted by Gasteiger charge is -2.07. The van der Waals surface area contributed by atoms with E-state index in [1.807, 2.05) is 12.1 Å². The lowest BCUT2D eigenvalue weighted by molar-refractivity contribution is 0.102. The molecule has 3 aromatic rings. The topological polar surface area (TPSA) is 57.8 Å². The summed E-state index contributed by atoms with van der Waals surface area (Å²) in [6.45, 7) is 0. The first-order chi connectivity index (χ1) is 9.65. The molecule has 0 radical (unpaired) electrons. The van der Waals surface area contributed by atoms with Crippen molar-refractivity contribution < 1.29 is 4.79 Å². The lowest BCUT2D eigenvalue weighted by Crippen LogP contribution is -2.12. The van der Waals surface area contributed by atoms with Crippen LogP contribution in [0.4, 0.5) is 5.69 Å². The summed E-state index contributed by atoms with van der Waals surface area (Å²) in [5, 5.41) is 4.34. The zero-order valence-corrected chi connectivity index (χ0v) is 11.7. The number of benzene rings is 1.